The standard InChI is InChI=1S/C22H21ClN2O6/c1-13-17(23)4-3-5-18(13)24-19(26)12-31-22(29)15-10-20(27)25(11-15)16-8-6-14(7-9-16)21(28)30-2/h3-9,15H,10-12H2,1-2H3,(H,24,26)/t15-/m0/s1. The van der Waals surface area contributed by atoms with Crippen molar-refractivity contribution < 1.29 is 28.7 Å². The Bertz CT molecular complexity index is 1020. The maximum absolute atomic E-state index is 12.4. The maximum atomic E-state index is 12.4. The fraction of sp³-hybridized carbons (Fsp3) is 0.273. The number of halogens is 1. The van der Waals surface area contributed by atoms with Crippen LogP contribution in [-0.2, 0) is 23.9 Å². The van der Waals surface area contributed by atoms with Gasteiger partial charge in [-0.1, -0.05) is 17.7 Å². The first-order chi connectivity index (χ1) is 14.8. The van der Waals surface area contributed by atoms with Crippen molar-refractivity contribution in [3.05, 3.63) is 58.6 Å². The molecule has 9 heteroatoms. The van der Waals surface area contributed by atoms with Crippen molar-refractivity contribution in [3.63, 3.8) is 0 Å². The van der Waals surface area contributed by atoms with Crippen molar-refractivity contribution in [1.29, 1.82) is 0 Å². The quantitative estimate of drug-likeness (QED) is 0.687. The Hall–Kier alpha value is -3.39. The third-order valence-electron chi connectivity index (χ3n) is 4.95. The van der Waals surface area contributed by atoms with E-state index in [4.69, 9.17) is 16.3 Å². The third kappa shape index (κ3) is 5.21. The summed E-state index contributed by atoms with van der Waals surface area (Å²) in [6.45, 7) is 1.42. The lowest BCUT2D eigenvalue weighted by Gasteiger charge is -2.17. The zero-order chi connectivity index (χ0) is 22.5. The molecule has 31 heavy (non-hydrogen) atoms. The first-order valence-corrected chi connectivity index (χ1v) is 9.88. The monoisotopic (exact) mass is 444 g/mol. The fourth-order valence-corrected chi connectivity index (χ4v) is 3.37. The molecule has 0 unspecified atom stereocenters. The van der Waals surface area contributed by atoms with Gasteiger partial charge in [0, 0.05) is 29.4 Å². The second-order valence-corrected chi connectivity index (χ2v) is 7.42. The van der Waals surface area contributed by atoms with E-state index in [9.17, 15) is 19.2 Å². The van der Waals surface area contributed by atoms with Gasteiger partial charge in [-0.05, 0) is 48.9 Å². The molecule has 1 heterocycles. The maximum Gasteiger partial charge on any atom is 0.337 e. The first kappa shape index (κ1) is 22.3. The number of rotatable bonds is 6. The minimum absolute atomic E-state index is 0.0212. The smallest absolute Gasteiger partial charge is 0.337 e. The van der Waals surface area contributed by atoms with E-state index >= 15 is 0 Å². The van der Waals surface area contributed by atoms with Crippen LogP contribution in [0, 0.1) is 12.8 Å². The highest BCUT2D eigenvalue weighted by Gasteiger charge is 2.36. The molecular formula is C22H21ClN2O6. The highest BCUT2D eigenvalue weighted by molar-refractivity contribution is 6.31. The van der Waals surface area contributed by atoms with Gasteiger partial charge in [0.05, 0.1) is 18.6 Å². The van der Waals surface area contributed by atoms with Crippen LogP contribution in [0.2, 0.25) is 5.02 Å². The van der Waals surface area contributed by atoms with Gasteiger partial charge in [-0.25, -0.2) is 4.79 Å². The summed E-state index contributed by atoms with van der Waals surface area (Å²) >= 11 is 6.02. The van der Waals surface area contributed by atoms with Gasteiger partial charge in [0.1, 0.15) is 0 Å². The van der Waals surface area contributed by atoms with Gasteiger partial charge in [0.2, 0.25) is 5.91 Å². The average Bonchev–Trinajstić information content (AvgIpc) is 3.16. The number of nitrogens with one attached hydrogen (secondary N) is 1. The molecule has 162 valence electrons. The molecule has 2 aromatic rings. The topological polar surface area (TPSA) is 102 Å². The highest BCUT2D eigenvalue weighted by atomic mass is 35.5. The summed E-state index contributed by atoms with van der Waals surface area (Å²) in [5.74, 6) is -2.54. The second-order valence-electron chi connectivity index (χ2n) is 7.01. The fourth-order valence-electron chi connectivity index (χ4n) is 3.19. The van der Waals surface area contributed by atoms with Crippen molar-refractivity contribution in [2.75, 3.05) is 30.5 Å². The molecule has 3 rings (SSSR count). The molecule has 1 N–H and O–H groups in total. The van der Waals surface area contributed by atoms with Crippen molar-refractivity contribution in [2.45, 2.75) is 13.3 Å². The molecular weight excluding hydrogens is 424 g/mol. The van der Waals surface area contributed by atoms with Gasteiger partial charge in [-0.15, -0.1) is 0 Å². The van der Waals surface area contributed by atoms with Gasteiger partial charge in [0.15, 0.2) is 6.61 Å². The van der Waals surface area contributed by atoms with Crippen LogP contribution in [0.4, 0.5) is 11.4 Å². The lowest BCUT2D eigenvalue weighted by molar-refractivity contribution is -0.151. The third-order valence-corrected chi connectivity index (χ3v) is 5.36. The molecule has 0 aromatic heterocycles. The van der Waals surface area contributed by atoms with Crippen LogP contribution in [0.1, 0.15) is 22.3 Å². The molecule has 1 aliphatic heterocycles. The Morgan fingerprint density at radius 1 is 1.16 bits per heavy atom. The normalized spacial score (nSPS) is 15.5. The lowest BCUT2D eigenvalue weighted by Crippen LogP contribution is -2.28. The van der Waals surface area contributed by atoms with E-state index in [0.717, 1.165) is 0 Å². The van der Waals surface area contributed by atoms with E-state index < -0.39 is 30.4 Å². The van der Waals surface area contributed by atoms with Crippen molar-refractivity contribution in [2.24, 2.45) is 5.92 Å². The molecule has 2 amide bonds. The van der Waals surface area contributed by atoms with Crippen LogP contribution >= 0.6 is 11.6 Å². The Kier molecular flexibility index (Phi) is 6.91. The molecule has 2 aromatic carbocycles. The zero-order valence-corrected chi connectivity index (χ0v) is 17.8. The number of carbonyl (C=O) groups is 4. The number of esters is 2. The number of hydrogen-bond donors (Lipinski definition) is 1. The van der Waals surface area contributed by atoms with Crippen LogP contribution in [0.25, 0.3) is 0 Å². The zero-order valence-electron chi connectivity index (χ0n) is 17.0. The molecule has 0 spiro atoms. The van der Waals surface area contributed by atoms with Gasteiger partial charge in [-0.3, -0.25) is 14.4 Å². The summed E-state index contributed by atoms with van der Waals surface area (Å²) in [5.41, 5.74) is 2.15. The van der Waals surface area contributed by atoms with Crippen LogP contribution in [0.3, 0.4) is 0 Å². The first-order valence-electron chi connectivity index (χ1n) is 9.50. The number of nitrogens with zero attached hydrogens (tertiary/aromatic N) is 1. The molecule has 0 radical (unpaired) electrons. The number of carbonyl (C=O) groups excluding carboxylic acids is 4. The molecule has 1 aliphatic rings. The largest absolute Gasteiger partial charge is 0.465 e. The summed E-state index contributed by atoms with van der Waals surface area (Å²) in [6, 6.07) is 11.4. The molecule has 1 fully saturated rings. The SMILES string of the molecule is COC(=O)c1ccc(N2C[C@@H](C(=O)OCC(=O)Nc3cccc(Cl)c3C)CC2=O)cc1. The van der Waals surface area contributed by atoms with Crippen LogP contribution in [0.5, 0.6) is 0 Å². The summed E-state index contributed by atoms with van der Waals surface area (Å²) in [5, 5.41) is 3.16. The van der Waals surface area contributed by atoms with Gasteiger partial charge < -0.3 is 19.7 Å². The van der Waals surface area contributed by atoms with Gasteiger partial charge in [0.25, 0.3) is 5.91 Å². The Balaban J connectivity index is 1.54. The van der Waals surface area contributed by atoms with Crippen LogP contribution in [-0.4, -0.2) is 44.0 Å². The van der Waals surface area contributed by atoms with Crippen molar-refractivity contribution >= 4 is 46.7 Å². The van der Waals surface area contributed by atoms with Gasteiger partial charge in [-0.2, -0.15) is 0 Å². The Morgan fingerprint density at radius 2 is 1.87 bits per heavy atom. The molecule has 0 bridgehead atoms. The van der Waals surface area contributed by atoms with E-state index in [1.54, 1.807) is 49.4 Å². The molecule has 0 saturated carbocycles. The Labute approximate surface area is 184 Å². The molecule has 8 nitrogen and oxygen atoms in total. The predicted molar refractivity (Wildman–Crippen MR) is 114 cm³/mol. The van der Waals surface area contributed by atoms with E-state index in [2.05, 4.69) is 10.1 Å². The van der Waals surface area contributed by atoms with E-state index in [1.807, 2.05) is 0 Å². The predicted octanol–water partition coefficient (Wildman–Crippen LogP) is 2.97. The number of ether oxygens (including phenoxy) is 2. The van der Waals surface area contributed by atoms with E-state index in [0.29, 0.717) is 27.5 Å². The minimum Gasteiger partial charge on any atom is -0.465 e. The summed E-state index contributed by atoms with van der Waals surface area (Å²) in [4.78, 5) is 49.8. The van der Waals surface area contributed by atoms with Crippen LogP contribution < -0.4 is 10.2 Å². The molecule has 0 aliphatic carbocycles. The Morgan fingerprint density at radius 3 is 2.55 bits per heavy atom. The lowest BCUT2D eigenvalue weighted by atomic mass is 10.1. The number of methoxy groups -OCH3 is 1. The van der Waals surface area contributed by atoms with Crippen LogP contribution in [0.15, 0.2) is 42.5 Å². The van der Waals surface area contributed by atoms with Crippen molar-refractivity contribution in [1.82, 2.24) is 0 Å². The highest BCUT2D eigenvalue weighted by Crippen LogP contribution is 2.26. The van der Waals surface area contributed by atoms with Crippen molar-refractivity contribution in [3.8, 4) is 0 Å². The molecule has 1 atom stereocenters. The summed E-state index contributed by atoms with van der Waals surface area (Å²) < 4.78 is 9.75. The summed E-state index contributed by atoms with van der Waals surface area (Å²) in [7, 11) is 1.28. The number of benzene rings is 2. The number of anilines is 2. The number of amides is 2. The minimum atomic E-state index is -0.687. The second kappa shape index (κ2) is 9.61. The van der Waals surface area contributed by atoms with Gasteiger partial charge >= 0.3 is 11.9 Å². The number of hydrogen-bond acceptors (Lipinski definition) is 6. The van der Waals surface area contributed by atoms with E-state index in [-0.39, 0.29) is 18.9 Å². The van der Waals surface area contributed by atoms with E-state index in [1.165, 1.54) is 12.0 Å². The molecule has 1 saturated heterocycles. The summed E-state index contributed by atoms with van der Waals surface area (Å²) in [6.07, 6.45) is -0.0212. The average molecular weight is 445 g/mol.